The molecule has 3 rings (SSSR count). The lowest BCUT2D eigenvalue weighted by atomic mass is 10.3. The SMILES string of the molecule is O=COC1=NN(c2ccc(S(=O)(=O)O)cc2)C(=O)/C1=N\Nc1ccccc1. The van der Waals surface area contributed by atoms with Gasteiger partial charge in [-0.3, -0.25) is 19.6 Å². The number of rotatable bonds is 5. The van der Waals surface area contributed by atoms with Crippen LogP contribution in [0.1, 0.15) is 0 Å². The molecule has 0 radical (unpaired) electrons. The van der Waals surface area contributed by atoms with Crippen LogP contribution in [0.2, 0.25) is 0 Å². The van der Waals surface area contributed by atoms with Crippen LogP contribution in [0.3, 0.4) is 0 Å². The van der Waals surface area contributed by atoms with E-state index in [9.17, 15) is 18.0 Å². The molecule has 0 bridgehead atoms. The minimum atomic E-state index is -4.37. The Hall–Kier alpha value is -3.57. The van der Waals surface area contributed by atoms with Crippen LogP contribution in [0, 0.1) is 0 Å². The maximum absolute atomic E-state index is 12.6. The maximum Gasteiger partial charge on any atom is 0.304 e. The Kier molecular flexibility index (Phi) is 4.96. The van der Waals surface area contributed by atoms with Crippen LogP contribution >= 0.6 is 0 Å². The van der Waals surface area contributed by atoms with Gasteiger partial charge in [-0.25, -0.2) is 0 Å². The fraction of sp³-hybridized carbons (Fsp3) is 0. The maximum atomic E-state index is 12.6. The molecule has 2 aromatic carbocycles. The zero-order valence-electron chi connectivity index (χ0n) is 13.5. The standard InChI is InChI=1S/C16H12N4O6S/c21-10-26-15-14(18-17-11-4-2-1-3-5-11)16(22)20(19-15)12-6-8-13(9-7-12)27(23,24)25/h1-10,17H,(H,23,24,25)/b18-14-. The zero-order valence-corrected chi connectivity index (χ0v) is 14.3. The monoisotopic (exact) mass is 388 g/mol. The van der Waals surface area contributed by atoms with Crippen molar-refractivity contribution in [1.82, 2.24) is 0 Å². The van der Waals surface area contributed by atoms with Crippen molar-refractivity contribution >= 4 is 45.5 Å². The predicted molar refractivity (Wildman–Crippen MR) is 95.8 cm³/mol. The predicted octanol–water partition coefficient (Wildman–Crippen LogP) is 1.23. The Labute approximate surface area is 153 Å². The normalized spacial score (nSPS) is 15.6. The topological polar surface area (TPSA) is 138 Å². The summed E-state index contributed by atoms with van der Waals surface area (Å²) in [4.78, 5) is 22.9. The first-order valence-electron chi connectivity index (χ1n) is 7.40. The summed E-state index contributed by atoms with van der Waals surface area (Å²) in [5, 5.41) is 8.70. The van der Waals surface area contributed by atoms with Crippen molar-refractivity contribution in [2.75, 3.05) is 10.4 Å². The molecular formula is C16H12N4O6S. The molecule has 2 N–H and O–H groups in total. The van der Waals surface area contributed by atoms with Gasteiger partial charge >= 0.3 is 5.91 Å². The number of ether oxygens (including phenoxy) is 1. The Morgan fingerprint density at radius 1 is 1.11 bits per heavy atom. The van der Waals surface area contributed by atoms with Crippen molar-refractivity contribution in [2.45, 2.75) is 4.90 Å². The molecule has 27 heavy (non-hydrogen) atoms. The molecular weight excluding hydrogens is 376 g/mol. The summed E-state index contributed by atoms with van der Waals surface area (Å²) in [6.45, 7) is 0.106. The summed E-state index contributed by atoms with van der Waals surface area (Å²) in [5.74, 6) is -1.02. The number of benzene rings is 2. The molecule has 138 valence electrons. The second kappa shape index (κ2) is 7.35. The number of para-hydroxylation sites is 1. The van der Waals surface area contributed by atoms with Gasteiger partial charge in [0.2, 0.25) is 5.71 Å². The molecule has 1 heterocycles. The number of carbonyl (C=O) groups excluding carboxylic acids is 2. The highest BCUT2D eigenvalue weighted by Crippen LogP contribution is 2.22. The van der Waals surface area contributed by atoms with E-state index in [1.54, 1.807) is 30.3 Å². The molecule has 11 heteroatoms. The Bertz CT molecular complexity index is 1030. The third-order valence-corrected chi connectivity index (χ3v) is 4.27. The number of hydrogen-bond donors (Lipinski definition) is 2. The Morgan fingerprint density at radius 3 is 2.37 bits per heavy atom. The minimum absolute atomic E-state index is 0.106. The summed E-state index contributed by atoms with van der Waals surface area (Å²) in [6.07, 6.45) is 0. The number of hydrogen-bond acceptors (Lipinski definition) is 8. The average molecular weight is 388 g/mol. The molecule has 2 aromatic rings. The zero-order chi connectivity index (χ0) is 19.4. The van der Waals surface area contributed by atoms with E-state index in [1.807, 2.05) is 0 Å². The van der Waals surface area contributed by atoms with Crippen molar-refractivity contribution in [3.05, 3.63) is 54.6 Å². The van der Waals surface area contributed by atoms with E-state index >= 15 is 0 Å². The average Bonchev–Trinajstić information content (AvgIpc) is 2.96. The van der Waals surface area contributed by atoms with Gasteiger partial charge < -0.3 is 4.74 Å². The lowest BCUT2D eigenvalue weighted by molar-refractivity contribution is -0.121. The van der Waals surface area contributed by atoms with Gasteiger partial charge in [0.15, 0.2) is 0 Å². The van der Waals surface area contributed by atoms with E-state index < -0.39 is 16.0 Å². The fourth-order valence-electron chi connectivity index (χ4n) is 2.16. The summed E-state index contributed by atoms with van der Waals surface area (Å²) in [7, 11) is -4.37. The van der Waals surface area contributed by atoms with E-state index in [2.05, 4.69) is 15.6 Å². The van der Waals surface area contributed by atoms with Gasteiger partial charge in [-0.05, 0) is 36.4 Å². The fourth-order valence-corrected chi connectivity index (χ4v) is 2.64. The molecule has 0 saturated heterocycles. The van der Waals surface area contributed by atoms with Crippen molar-refractivity contribution in [1.29, 1.82) is 0 Å². The third-order valence-electron chi connectivity index (χ3n) is 3.40. The van der Waals surface area contributed by atoms with Gasteiger partial charge in [0.25, 0.3) is 22.5 Å². The van der Waals surface area contributed by atoms with E-state index in [4.69, 9.17) is 9.29 Å². The van der Waals surface area contributed by atoms with Crippen LogP contribution in [0.5, 0.6) is 0 Å². The second-order valence-electron chi connectivity index (χ2n) is 5.14. The number of amides is 1. The summed E-state index contributed by atoms with van der Waals surface area (Å²) < 4.78 is 35.9. The number of nitrogens with zero attached hydrogens (tertiary/aromatic N) is 3. The highest BCUT2D eigenvalue weighted by atomic mass is 32.2. The molecule has 0 fully saturated rings. The third kappa shape index (κ3) is 3.99. The first-order chi connectivity index (χ1) is 12.9. The van der Waals surface area contributed by atoms with E-state index in [-0.39, 0.29) is 28.7 Å². The summed E-state index contributed by atoms with van der Waals surface area (Å²) in [5.41, 5.74) is 3.19. The van der Waals surface area contributed by atoms with E-state index in [0.717, 1.165) is 17.1 Å². The lowest BCUT2D eigenvalue weighted by Crippen LogP contribution is -2.29. The van der Waals surface area contributed by atoms with Crippen LogP contribution in [0.25, 0.3) is 0 Å². The molecule has 1 amide bonds. The van der Waals surface area contributed by atoms with E-state index in [1.165, 1.54) is 12.1 Å². The van der Waals surface area contributed by atoms with Gasteiger partial charge in [0.1, 0.15) is 0 Å². The molecule has 1 aliphatic rings. The smallest absolute Gasteiger partial charge is 0.304 e. The number of anilines is 2. The molecule has 0 aromatic heterocycles. The van der Waals surface area contributed by atoms with Crippen molar-refractivity contribution in [3.8, 4) is 0 Å². The number of nitrogens with one attached hydrogen (secondary N) is 1. The molecule has 1 aliphatic heterocycles. The van der Waals surface area contributed by atoms with Gasteiger partial charge in [-0.2, -0.15) is 18.5 Å². The van der Waals surface area contributed by atoms with Crippen molar-refractivity contribution in [3.63, 3.8) is 0 Å². The molecule has 0 atom stereocenters. The van der Waals surface area contributed by atoms with Crippen LogP contribution in [-0.4, -0.2) is 37.0 Å². The lowest BCUT2D eigenvalue weighted by Gasteiger charge is -2.10. The first-order valence-corrected chi connectivity index (χ1v) is 8.84. The Balaban J connectivity index is 1.89. The van der Waals surface area contributed by atoms with Crippen molar-refractivity contribution in [2.24, 2.45) is 10.2 Å². The quantitative estimate of drug-likeness (QED) is 0.446. The van der Waals surface area contributed by atoms with Crippen LogP contribution in [-0.2, 0) is 24.4 Å². The summed E-state index contributed by atoms with van der Waals surface area (Å²) >= 11 is 0. The number of carbonyl (C=O) groups is 2. The van der Waals surface area contributed by atoms with Crippen LogP contribution < -0.4 is 10.4 Å². The molecule has 10 nitrogen and oxygen atoms in total. The molecule has 0 saturated carbocycles. The molecule has 0 aliphatic carbocycles. The highest BCUT2D eigenvalue weighted by Gasteiger charge is 2.35. The second-order valence-corrected chi connectivity index (χ2v) is 6.56. The Morgan fingerprint density at radius 2 is 1.78 bits per heavy atom. The minimum Gasteiger partial charge on any atom is -0.405 e. The number of hydrazone groups is 2. The van der Waals surface area contributed by atoms with Crippen LogP contribution in [0.15, 0.2) is 69.7 Å². The highest BCUT2D eigenvalue weighted by molar-refractivity contribution is 7.85. The van der Waals surface area contributed by atoms with Gasteiger partial charge in [0.05, 0.1) is 16.3 Å². The largest absolute Gasteiger partial charge is 0.405 e. The van der Waals surface area contributed by atoms with E-state index in [0.29, 0.717) is 5.69 Å². The molecule has 0 spiro atoms. The van der Waals surface area contributed by atoms with Crippen LogP contribution in [0.4, 0.5) is 11.4 Å². The van der Waals surface area contributed by atoms with Crippen molar-refractivity contribution < 1.29 is 27.3 Å². The van der Waals surface area contributed by atoms with Gasteiger partial charge in [0, 0.05) is 0 Å². The molecule has 0 unspecified atom stereocenters. The summed E-state index contributed by atoms with van der Waals surface area (Å²) in [6, 6.07) is 13.5. The van der Waals surface area contributed by atoms with Gasteiger partial charge in [-0.1, -0.05) is 18.2 Å². The first kappa shape index (κ1) is 18.2. The van der Waals surface area contributed by atoms with Gasteiger partial charge in [-0.15, -0.1) is 5.10 Å².